The summed E-state index contributed by atoms with van der Waals surface area (Å²) in [4.78, 5) is 32.2. The van der Waals surface area contributed by atoms with Crippen LogP contribution in [0, 0.1) is 5.82 Å². The van der Waals surface area contributed by atoms with Crippen molar-refractivity contribution in [2.45, 2.75) is 6.42 Å². The highest BCUT2D eigenvalue weighted by atomic mass is 19.1. The SMILES string of the molecule is O=C(COc1cccc(NC(=O)c2ccco2)c1)Nc1ccc2nc(Cc3ccccc3F)[nH]c2c1. The molecule has 5 aromatic rings. The maximum Gasteiger partial charge on any atom is 0.291 e. The van der Waals surface area contributed by atoms with Crippen molar-refractivity contribution in [1.29, 1.82) is 0 Å². The molecule has 0 unspecified atom stereocenters. The lowest BCUT2D eigenvalue weighted by Gasteiger charge is -2.09. The molecule has 5 rings (SSSR count). The summed E-state index contributed by atoms with van der Waals surface area (Å²) < 4.78 is 24.6. The predicted octanol–water partition coefficient (Wildman–Crippen LogP) is 5.16. The van der Waals surface area contributed by atoms with Gasteiger partial charge < -0.3 is 24.8 Å². The highest BCUT2D eigenvalue weighted by molar-refractivity contribution is 6.02. The quantitative estimate of drug-likeness (QED) is 0.282. The minimum absolute atomic E-state index is 0.189. The maximum absolute atomic E-state index is 13.9. The molecular formula is C27H21FN4O4. The Morgan fingerprint density at radius 3 is 2.64 bits per heavy atom. The number of H-pyrrole nitrogens is 1. The van der Waals surface area contributed by atoms with E-state index in [2.05, 4.69) is 20.6 Å². The van der Waals surface area contributed by atoms with E-state index in [1.807, 2.05) is 0 Å². The number of carbonyl (C=O) groups excluding carboxylic acids is 2. The molecule has 0 fully saturated rings. The number of nitrogens with zero attached hydrogens (tertiary/aromatic N) is 1. The molecule has 0 atom stereocenters. The summed E-state index contributed by atoms with van der Waals surface area (Å²) in [6.45, 7) is -0.227. The van der Waals surface area contributed by atoms with Crippen LogP contribution in [-0.4, -0.2) is 28.4 Å². The van der Waals surface area contributed by atoms with Gasteiger partial charge in [0, 0.05) is 23.9 Å². The van der Waals surface area contributed by atoms with Gasteiger partial charge in [-0.2, -0.15) is 0 Å². The lowest BCUT2D eigenvalue weighted by Crippen LogP contribution is -2.20. The Labute approximate surface area is 205 Å². The van der Waals surface area contributed by atoms with Gasteiger partial charge in [0.1, 0.15) is 17.4 Å². The number of furan rings is 1. The molecule has 0 bridgehead atoms. The first-order chi connectivity index (χ1) is 17.5. The number of hydrogen-bond donors (Lipinski definition) is 3. The van der Waals surface area contributed by atoms with E-state index in [0.717, 1.165) is 5.52 Å². The summed E-state index contributed by atoms with van der Waals surface area (Å²) in [7, 11) is 0. The predicted molar refractivity (Wildman–Crippen MR) is 133 cm³/mol. The van der Waals surface area contributed by atoms with Gasteiger partial charge in [0.05, 0.1) is 17.3 Å². The number of aromatic nitrogens is 2. The Kier molecular flexibility index (Phi) is 6.44. The van der Waals surface area contributed by atoms with Gasteiger partial charge in [0.15, 0.2) is 12.4 Å². The van der Waals surface area contributed by atoms with Crippen LogP contribution in [0.3, 0.4) is 0 Å². The monoisotopic (exact) mass is 484 g/mol. The molecule has 2 aromatic heterocycles. The maximum atomic E-state index is 13.9. The van der Waals surface area contributed by atoms with E-state index in [4.69, 9.17) is 9.15 Å². The van der Waals surface area contributed by atoms with Crippen LogP contribution in [-0.2, 0) is 11.2 Å². The van der Waals surface area contributed by atoms with Gasteiger partial charge in [-0.05, 0) is 54.1 Å². The summed E-state index contributed by atoms with van der Waals surface area (Å²) in [5, 5.41) is 5.49. The fraction of sp³-hybridized carbons (Fsp3) is 0.0741. The third-order valence-electron chi connectivity index (χ3n) is 5.34. The van der Waals surface area contributed by atoms with Crippen LogP contribution >= 0.6 is 0 Å². The van der Waals surface area contributed by atoms with Gasteiger partial charge in [0.2, 0.25) is 0 Å². The van der Waals surface area contributed by atoms with Crippen LogP contribution in [0.2, 0.25) is 0 Å². The molecule has 0 saturated heterocycles. The average Bonchev–Trinajstić information content (AvgIpc) is 3.54. The topological polar surface area (TPSA) is 109 Å². The Morgan fingerprint density at radius 1 is 0.944 bits per heavy atom. The zero-order chi connectivity index (χ0) is 24.9. The molecule has 36 heavy (non-hydrogen) atoms. The second-order valence-corrected chi connectivity index (χ2v) is 7.98. The molecule has 0 saturated carbocycles. The number of rotatable bonds is 8. The minimum atomic E-state index is -0.388. The lowest BCUT2D eigenvalue weighted by molar-refractivity contribution is -0.118. The average molecular weight is 484 g/mol. The highest BCUT2D eigenvalue weighted by Crippen LogP contribution is 2.21. The summed E-state index contributed by atoms with van der Waals surface area (Å²) in [5.74, 6) is 0.211. The van der Waals surface area contributed by atoms with Crippen molar-refractivity contribution in [3.63, 3.8) is 0 Å². The van der Waals surface area contributed by atoms with Crippen molar-refractivity contribution in [3.8, 4) is 5.75 Å². The third kappa shape index (κ3) is 5.41. The number of ether oxygens (including phenoxy) is 1. The van der Waals surface area contributed by atoms with Crippen molar-refractivity contribution in [3.05, 3.63) is 108 Å². The van der Waals surface area contributed by atoms with Crippen LogP contribution in [0.4, 0.5) is 15.8 Å². The molecule has 2 amide bonds. The van der Waals surface area contributed by atoms with E-state index in [1.165, 1.54) is 12.3 Å². The summed E-state index contributed by atoms with van der Waals surface area (Å²) in [6.07, 6.45) is 1.75. The number of amides is 2. The Morgan fingerprint density at radius 2 is 1.81 bits per heavy atom. The highest BCUT2D eigenvalue weighted by Gasteiger charge is 2.11. The van der Waals surface area contributed by atoms with Gasteiger partial charge in [-0.15, -0.1) is 0 Å². The molecule has 9 heteroatoms. The standard InChI is InChI=1S/C27H21FN4O4/c28-21-8-2-1-5-17(21)13-25-31-22-11-10-19(15-23(22)32-25)29-26(33)16-36-20-7-3-6-18(14-20)30-27(34)24-9-4-12-35-24/h1-12,14-15H,13,16H2,(H,29,33)(H,30,34)(H,31,32). The number of aromatic amines is 1. The van der Waals surface area contributed by atoms with Crippen LogP contribution in [0.5, 0.6) is 5.75 Å². The van der Waals surface area contributed by atoms with E-state index >= 15 is 0 Å². The third-order valence-corrected chi connectivity index (χ3v) is 5.34. The molecule has 0 aliphatic heterocycles. The molecule has 3 N–H and O–H groups in total. The number of carbonyl (C=O) groups is 2. The van der Waals surface area contributed by atoms with E-state index in [-0.39, 0.29) is 30.0 Å². The van der Waals surface area contributed by atoms with Crippen LogP contribution in [0.25, 0.3) is 11.0 Å². The van der Waals surface area contributed by atoms with Crippen molar-refractivity contribution >= 4 is 34.2 Å². The Balaban J connectivity index is 1.18. The molecule has 2 heterocycles. The van der Waals surface area contributed by atoms with E-state index < -0.39 is 0 Å². The molecule has 8 nitrogen and oxygen atoms in total. The molecule has 0 radical (unpaired) electrons. The van der Waals surface area contributed by atoms with Crippen LogP contribution < -0.4 is 15.4 Å². The van der Waals surface area contributed by atoms with Crippen molar-refractivity contribution in [1.82, 2.24) is 9.97 Å². The van der Waals surface area contributed by atoms with Crippen molar-refractivity contribution in [2.75, 3.05) is 17.2 Å². The molecular weight excluding hydrogens is 463 g/mol. The Hall–Kier alpha value is -4.92. The van der Waals surface area contributed by atoms with E-state index in [1.54, 1.807) is 72.8 Å². The molecule has 0 aliphatic carbocycles. The first-order valence-corrected chi connectivity index (χ1v) is 11.1. The minimum Gasteiger partial charge on any atom is -0.484 e. The zero-order valence-electron chi connectivity index (χ0n) is 19.0. The molecule has 180 valence electrons. The number of imidazole rings is 1. The van der Waals surface area contributed by atoms with E-state index in [0.29, 0.717) is 40.4 Å². The smallest absolute Gasteiger partial charge is 0.291 e. The Bertz CT molecular complexity index is 1530. The van der Waals surface area contributed by atoms with Gasteiger partial charge in [0.25, 0.3) is 11.8 Å². The largest absolute Gasteiger partial charge is 0.484 e. The fourth-order valence-electron chi connectivity index (χ4n) is 3.66. The number of halogens is 1. The number of nitrogens with one attached hydrogen (secondary N) is 3. The first kappa shape index (κ1) is 22.9. The first-order valence-electron chi connectivity index (χ1n) is 11.1. The van der Waals surface area contributed by atoms with Crippen LogP contribution in [0.1, 0.15) is 21.9 Å². The normalized spacial score (nSPS) is 10.8. The van der Waals surface area contributed by atoms with Crippen molar-refractivity contribution in [2.24, 2.45) is 0 Å². The van der Waals surface area contributed by atoms with Gasteiger partial charge >= 0.3 is 0 Å². The van der Waals surface area contributed by atoms with Gasteiger partial charge in [-0.25, -0.2) is 9.37 Å². The summed E-state index contributed by atoms with van der Waals surface area (Å²) in [5.41, 5.74) is 3.05. The summed E-state index contributed by atoms with van der Waals surface area (Å²) >= 11 is 0. The number of fused-ring (bicyclic) bond motifs is 1. The summed E-state index contributed by atoms with van der Waals surface area (Å²) in [6, 6.07) is 21.7. The number of benzene rings is 3. The second-order valence-electron chi connectivity index (χ2n) is 7.98. The van der Waals surface area contributed by atoms with Gasteiger partial charge in [-0.3, -0.25) is 9.59 Å². The number of anilines is 2. The number of hydrogen-bond acceptors (Lipinski definition) is 5. The lowest BCUT2D eigenvalue weighted by atomic mass is 10.1. The van der Waals surface area contributed by atoms with Crippen LogP contribution in [0.15, 0.2) is 89.5 Å². The fourth-order valence-corrected chi connectivity index (χ4v) is 3.66. The molecule has 3 aromatic carbocycles. The van der Waals surface area contributed by atoms with E-state index in [9.17, 15) is 14.0 Å². The zero-order valence-corrected chi connectivity index (χ0v) is 19.0. The molecule has 0 aliphatic rings. The van der Waals surface area contributed by atoms with Gasteiger partial charge in [-0.1, -0.05) is 24.3 Å². The molecule has 0 spiro atoms. The second kappa shape index (κ2) is 10.1. The van der Waals surface area contributed by atoms with Crippen molar-refractivity contribution < 1.29 is 23.1 Å².